The monoisotopic (exact) mass is 360 g/mol. The summed E-state index contributed by atoms with van der Waals surface area (Å²) >= 11 is 0. The molecule has 2 saturated heterocycles. The van der Waals surface area contributed by atoms with Crippen molar-refractivity contribution in [1.29, 1.82) is 0 Å². The van der Waals surface area contributed by atoms with Crippen molar-refractivity contribution in [2.75, 3.05) is 45.8 Å². The molecule has 6 nitrogen and oxygen atoms in total. The van der Waals surface area contributed by atoms with E-state index in [1.165, 1.54) is 0 Å². The van der Waals surface area contributed by atoms with E-state index in [2.05, 4.69) is 6.92 Å². The number of amides is 3. The Balaban J connectivity index is 0.00000288. The van der Waals surface area contributed by atoms with Crippen LogP contribution in [0.15, 0.2) is 0 Å². The maximum absolute atomic E-state index is 12.7. The van der Waals surface area contributed by atoms with Gasteiger partial charge in [0, 0.05) is 45.2 Å². The van der Waals surface area contributed by atoms with Crippen LogP contribution in [0.5, 0.6) is 0 Å². The van der Waals surface area contributed by atoms with Crippen LogP contribution in [0.2, 0.25) is 0 Å². The number of nitrogens with two attached hydrogens (primary N) is 1. The van der Waals surface area contributed by atoms with Gasteiger partial charge in [-0.2, -0.15) is 0 Å². The van der Waals surface area contributed by atoms with Crippen LogP contribution in [0.1, 0.15) is 40.0 Å². The number of urea groups is 1. The first-order valence-electron chi connectivity index (χ1n) is 8.96. The zero-order valence-corrected chi connectivity index (χ0v) is 16.1. The Labute approximate surface area is 152 Å². The maximum atomic E-state index is 12.7. The van der Waals surface area contributed by atoms with Gasteiger partial charge >= 0.3 is 6.03 Å². The highest BCUT2D eigenvalue weighted by atomic mass is 35.5. The maximum Gasteiger partial charge on any atom is 0.319 e. The molecular weight excluding hydrogens is 328 g/mol. The van der Waals surface area contributed by atoms with Gasteiger partial charge in [-0.25, -0.2) is 4.79 Å². The zero-order chi connectivity index (χ0) is 17.0. The van der Waals surface area contributed by atoms with Crippen LogP contribution < -0.4 is 5.73 Å². The summed E-state index contributed by atoms with van der Waals surface area (Å²) in [5.41, 5.74) is 5.91. The third-order valence-corrected chi connectivity index (χ3v) is 5.51. The van der Waals surface area contributed by atoms with Crippen LogP contribution in [-0.2, 0) is 4.79 Å². The second-order valence-electron chi connectivity index (χ2n) is 7.24. The van der Waals surface area contributed by atoms with Crippen molar-refractivity contribution < 1.29 is 9.59 Å². The van der Waals surface area contributed by atoms with Crippen molar-refractivity contribution in [1.82, 2.24) is 14.7 Å². The third kappa shape index (κ3) is 4.54. The molecule has 1 unspecified atom stereocenters. The molecule has 2 heterocycles. The van der Waals surface area contributed by atoms with Gasteiger partial charge in [-0.1, -0.05) is 6.92 Å². The largest absolute Gasteiger partial charge is 0.342 e. The molecule has 0 aromatic heterocycles. The van der Waals surface area contributed by atoms with Gasteiger partial charge in [0.05, 0.1) is 0 Å². The summed E-state index contributed by atoms with van der Waals surface area (Å²) in [6.45, 7) is 11.2. The number of nitrogens with zero attached hydrogens (tertiary/aromatic N) is 3. The lowest BCUT2D eigenvalue weighted by Crippen LogP contribution is -2.49. The summed E-state index contributed by atoms with van der Waals surface area (Å²) in [6, 6.07) is 0.109. The highest BCUT2D eigenvalue weighted by Crippen LogP contribution is 2.31. The van der Waals surface area contributed by atoms with E-state index in [9.17, 15) is 9.59 Å². The second-order valence-corrected chi connectivity index (χ2v) is 7.24. The topological polar surface area (TPSA) is 69.9 Å². The summed E-state index contributed by atoms with van der Waals surface area (Å²) in [6.07, 6.45) is 2.55. The quantitative estimate of drug-likeness (QED) is 0.830. The molecule has 2 fully saturated rings. The van der Waals surface area contributed by atoms with Gasteiger partial charge in [-0.15, -0.1) is 12.4 Å². The van der Waals surface area contributed by atoms with Crippen molar-refractivity contribution >= 4 is 24.3 Å². The van der Waals surface area contributed by atoms with E-state index in [1.807, 2.05) is 28.5 Å². The molecule has 0 aliphatic carbocycles. The van der Waals surface area contributed by atoms with E-state index in [1.54, 1.807) is 0 Å². The summed E-state index contributed by atoms with van der Waals surface area (Å²) in [5, 5.41) is 0. The van der Waals surface area contributed by atoms with Crippen molar-refractivity contribution in [2.24, 2.45) is 17.1 Å². The first-order chi connectivity index (χ1) is 10.9. The molecule has 2 aliphatic rings. The molecule has 0 radical (unpaired) electrons. The summed E-state index contributed by atoms with van der Waals surface area (Å²) in [4.78, 5) is 30.8. The van der Waals surface area contributed by atoms with Gasteiger partial charge in [-0.05, 0) is 45.1 Å². The number of piperidine rings is 1. The van der Waals surface area contributed by atoms with Gasteiger partial charge < -0.3 is 20.4 Å². The predicted octanol–water partition coefficient (Wildman–Crippen LogP) is 1.78. The second kappa shape index (κ2) is 8.90. The molecule has 7 heteroatoms. The number of hydrogen-bond acceptors (Lipinski definition) is 3. The minimum atomic E-state index is 0. The van der Waals surface area contributed by atoms with E-state index in [0.717, 1.165) is 45.4 Å². The first kappa shape index (κ1) is 21.0. The number of halogens is 1. The highest BCUT2D eigenvalue weighted by molar-refractivity contribution is 5.85. The van der Waals surface area contributed by atoms with Crippen LogP contribution in [0.4, 0.5) is 4.79 Å². The van der Waals surface area contributed by atoms with Gasteiger partial charge in [0.1, 0.15) is 0 Å². The number of likely N-dealkylation sites (tertiary alicyclic amines) is 2. The summed E-state index contributed by atoms with van der Waals surface area (Å²) in [7, 11) is 0. The standard InChI is InChI=1S/C17H32N4O2.ClH/c1-4-19(5-2)16(23)20-9-6-14(7-10-20)15(22)21-11-8-17(3,12-18)13-21;/h14H,4-13,18H2,1-3H3;1H. The van der Waals surface area contributed by atoms with Gasteiger partial charge in [0.2, 0.25) is 5.91 Å². The Bertz CT molecular complexity index is 436. The van der Waals surface area contributed by atoms with Crippen LogP contribution in [0.25, 0.3) is 0 Å². The minimum Gasteiger partial charge on any atom is -0.342 e. The van der Waals surface area contributed by atoms with Crippen LogP contribution in [0.3, 0.4) is 0 Å². The van der Waals surface area contributed by atoms with E-state index in [4.69, 9.17) is 5.73 Å². The number of carbonyl (C=O) groups is 2. The molecule has 3 amide bonds. The fourth-order valence-electron chi connectivity index (χ4n) is 3.65. The fourth-order valence-corrected chi connectivity index (χ4v) is 3.65. The van der Waals surface area contributed by atoms with E-state index >= 15 is 0 Å². The summed E-state index contributed by atoms with van der Waals surface area (Å²) < 4.78 is 0. The normalized spacial score (nSPS) is 24.7. The Morgan fingerprint density at radius 2 is 1.71 bits per heavy atom. The molecule has 0 bridgehead atoms. The van der Waals surface area contributed by atoms with Crippen LogP contribution in [0, 0.1) is 11.3 Å². The van der Waals surface area contributed by atoms with E-state index < -0.39 is 0 Å². The predicted molar refractivity (Wildman–Crippen MR) is 98.2 cm³/mol. The Morgan fingerprint density at radius 1 is 1.12 bits per heavy atom. The molecule has 2 rings (SSSR count). The average molecular weight is 361 g/mol. The van der Waals surface area contributed by atoms with Crippen molar-refractivity contribution in [3.8, 4) is 0 Å². The molecule has 1 atom stereocenters. The lowest BCUT2D eigenvalue weighted by atomic mass is 9.90. The molecule has 0 spiro atoms. The zero-order valence-electron chi connectivity index (χ0n) is 15.3. The first-order valence-corrected chi connectivity index (χ1v) is 8.96. The van der Waals surface area contributed by atoms with Crippen molar-refractivity contribution in [3.05, 3.63) is 0 Å². The highest BCUT2D eigenvalue weighted by Gasteiger charge is 2.38. The number of carbonyl (C=O) groups excluding carboxylic acids is 2. The molecule has 0 aromatic carbocycles. The minimum absolute atomic E-state index is 0. The molecule has 2 N–H and O–H groups in total. The van der Waals surface area contributed by atoms with Gasteiger partial charge in [0.25, 0.3) is 0 Å². The summed E-state index contributed by atoms with van der Waals surface area (Å²) in [5.74, 6) is 0.327. The van der Waals surface area contributed by atoms with Crippen molar-refractivity contribution in [2.45, 2.75) is 40.0 Å². The third-order valence-electron chi connectivity index (χ3n) is 5.51. The van der Waals surface area contributed by atoms with E-state index in [0.29, 0.717) is 19.6 Å². The van der Waals surface area contributed by atoms with Gasteiger partial charge in [0.15, 0.2) is 0 Å². The van der Waals surface area contributed by atoms with Gasteiger partial charge in [-0.3, -0.25) is 4.79 Å². The number of rotatable bonds is 4. The van der Waals surface area contributed by atoms with E-state index in [-0.39, 0.29) is 35.7 Å². The average Bonchev–Trinajstić information content (AvgIpc) is 2.98. The Hall–Kier alpha value is -1.01. The van der Waals surface area contributed by atoms with Crippen LogP contribution in [-0.4, -0.2) is 72.5 Å². The van der Waals surface area contributed by atoms with Crippen molar-refractivity contribution in [3.63, 3.8) is 0 Å². The Kier molecular flexibility index (Phi) is 7.80. The molecule has 0 saturated carbocycles. The lowest BCUT2D eigenvalue weighted by molar-refractivity contribution is -0.136. The Morgan fingerprint density at radius 3 is 2.17 bits per heavy atom. The lowest BCUT2D eigenvalue weighted by Gasteiger charge is -2.36. The molecule has 0 aromatic rings. The molecule has 2 aliphatic heterocycles. The SMILES string of the molecule is CCN(CC)C(=O)N1CCC(C(=O)N2CCC(C)(CN)C2)CC1.Cl. The number of hydrogen-bond donors (Lipinski definition) is 1. The smallest absolute Gasteiger partial charge is 0.319 e. The van der Waals surface area contributed by atoms with Crippen LogP contribution >= 0.6 is 12.4 Å². The molecule has 140 valence electrons. The fraction of sp³-hybridized carbons (Fsp3) is 0.882. The molecule has 24 heavy (non-hydrogen) atoms. The molecular formula is C17H33ClN4O2.